The van der Waals surface area contributed by atoms with Gasteiger partial charge >= 0.3 is 5.97 Å². The van der Waals surface area contributed by atoms with Crippen molar-refractivity contribution in [3.05, 3.63) is 59.4 Å². The van der Waals surface area contributed by atoms with Crippen molar-refractivity contribution in [2.45, 2.75) is 19.1 Å². The van der Waals surface area contributed by atoms with Crippen LogP contribution in [0.4, 0.5) is 10.1 Å². The Morgan fingerprint density at radius 3 is 2.69 bits per heavy atom. The van der Waals surface area contributed by atoms with Crippen LogP contribution in [0.1, 0.15) is 31.5 Å². The number of hydrogen-bond acceptors (Lipinski definition) is 3. The molecule has 2 aromatic carbocycles. The largest absolute Gasteiger partial charge is 0.497 e. The summed E-state index contributed by atoms with van der Waals surface area (Å²) in [6.07, 6.45) is -10.1. The number of halogens is 1. The van der Waals surface area contributed by atoms with Gasteiger partial charge in [-0.1, -0.05) is 18.2 Å². The van der Waals surface area contributed by atoms with Crippen LogP contribution in [-0.4, -0.2) is 24.0 Å². The van der Waals surface area contributed by atoms with E-state index in [1.807, 2.05) is 5.32 Å². The number of carbonyl (C=O) groups is 2. The van der Waals surface area contributed by atoms with Crippen molar-refractivity contribution in [3.8, 4) is 16.9 Å². The molecule has 1 amide bonds. The molecule has 0 spiro atoms. The molecule has 1 aliphatic rings. The van der Waals surface area contributed by atoms with Gasteiger partial charge in [0.05, 0.1) is 16.8 Å². The topological polar surface area (TPSA) is 75.6 Å². The Kier molecular flexibility index (Phi) is 2.71. The Hall–Kier alpha value is -3.15. The molecule has 0 radical (unpaired) electrons. The van der Waals surface area contributed by atoms with Gasteiger partial charge in [-0.25, -0.2) is 9.18 Å². The lowest BCUT2D eigenvalue weighted by atomic mass is 10.0. The first-order chi connectivity index (χ1) is 15.9. The number of anilines is 1. The zero-order valence-corrected chi connectivity index (χ0v) is 13.1. The minimum atomic E-state index is -3.40. The standard InChI is InChI=1S/C20H18FNO4/c1-26-14-5-2-4-12(10-14)13-8-9-18(17(21)11-13)22-19(23)15-6-3-7-16(15)20(24)25/h2,4-5,8-11H,3,6-7H2,1H3,(H,22,23)(H,24,25)/i1D3,3D2,6D2,7D2. The summed E-state index contributed by atoms with van der Waals surface area (Å²) in [4.78, 5) is 24.4. The fourth-order valence-corrected chi connectivity index (χ4v) is 2.33. The molecule has 0 unspecified atom stereocenters. The van der Waals surface area contributed by atoms with Crippen LogP contribution in [0.2, 0.25) is 0 Å². The molecule has 0 aromatic heterocycles. The maximum atomic E-state index is 14.8. The summed E-state index contributed by atoms with van der Waals surface area (Å²) in [6.45, 7) is 0. The third-order valence-corrected chi connectivity index (χ3v) is 3.57. The number of carbonyl (C=O) groups excluding carboxylic acids is 1. The van der Waals surface area contributed by atoms with Gasteiger partial charge in [0.15, 0.2) is 0 Å². The Labute approximate surface area is 162 Å². The predicted molar refractivity (Wildman–Crippen MR) is 95.5 cm³/mol. The number of methoxy groups -OCH3 is 1. The molecule has 0 atom stereocenters. The lowest BCUT2D eigenvalue weighted by molar-refractivity contribution is -0.133. The zero-order chi connectivity index (χ0) is 26.6. The molecule has 0 heterocycles. The van der Waals surface area contributed by atoms with Crippen LogP contribution >= 0.6 is 0 Å². The summed E-state index contributed by atoms with van der Waals surface area (Å²) in [5.41, 5.74) is -2.57. The number of nitrogens with one attached hydrogen (secondary N) is 1. The Morgan fingerprint density at radius 1 is 1.19 bits per heavy atom. The summed E-state index contributed by atoms with van der Waals surface area (Å²) in [7, 11) is -2.70. The maximum Gasteiger partial charge on any atom is 0.332 e. The van der Waals surface area contributed by atoms with Gasteiger partial charge in [0.2, 0.25) is 0 Å². The van der Waals surface area contributed by atoms with E-state index < -0.39 is 60.7 Å². The maximum absolute atomic E-state index is 14.8. The van der Waals surface area contributed by atoms with Gasteiger partial charge in [-0.3, -0.25) is 4.79 Å². The van der Waals surface area contributed by atoms with Crippen molar-refractivity contribution < 1.29 is 36.2 Å². The molecule has 0 saturated heterocycles. The van der Waals surface area contributed by atoms with Crippen molar-refractivity contribution in [2.75, 3.05) is 12.4 Å². The van der Waals surface area contributed by atoms with E-state index in [-0.39, 0.29) is 11.3 Å². The number of amides is 1. The average Bonchev–Trinajstić information content (AvgIpc) is 2.82. The minimum absolute atomic E-state index is 0.000400. The molecule has 3 rings (SSSR count). The number of ether oxygens (including phenoxy) is 1. The van der Waals surface area contributed by atoms with Crippen LogP contribution in [0.25, 0.3) is 11.1 Å². The second-order valence-corrected chi connectivity index (χ2v) is 5.21. The highest BCUT2D eigenvalue weighted by molar-refractivity contribution is 6.09. The van der Waals surface area contributed by atoms with Crippen LogP contribution in [0, 0.1) is 5.82 Å². The fourth-order valence-electron chi connectivity index (χ4n) is 2.33. The van der Waals surface area contributed by atoms with Crippen LogP contribution < -0.4 is 10.1 Å². The van der Waals surface area contributed by atoms with E-state index in [4.69, 9.17) is 17.1 Å². The fraction of sp³-hybridized carbons (Fsp3) is 0.200. The quantitative estimate of drug-likeness (QED) is 0.841. The van der Waals surface area contributed by atoms with Crippen molar-refractivity contribution in [1.82, 2.24) is 0 Å². The SMILES string of the molecule is [2H]C([2H])([2H])Oc1cccc(-c2ccc(NC(=O)C3=C(C(=O)O)C([2H])([2H])C([2H])([2H])C3([2H])[2H])c(F)c2)c1. The van der Waals surface area contributed by atoms with E-state index in [1.165, 1.54) is 24.3 Å². The van der Waals surface area contributed by atoms with E-state index in [2.05, 4.69) is 0 Å². The van der Waals surface area contributed by atoms with Crippen LogP contribution in [0.15, 0.2) is 53.6 Å². The molecule has 134 valence electrons. The van der Waals surface area contributed by atoms with E-state index in [9.17, 15) is 19.1 Å². The molecule has 0 bridgehead atoms. The van der Waals surface area contributed by atoms with Crippen molar-refractivity contribution in [3.63, 3.8) is 0 Å². The molecule has 1 aliphatic carbocycles. The minimum Gasteiger partial charge on any atom is -0.497 e. The van der Waals surface area contributed by atoms with Crippen molar-refractivity contribution in [2.24, 2.45) is 0 Å². The highest BCUT2D eigenvalue weighted by Crippen LogP contribution is 2.30. The van der Waals surface area contributed by atoms with Gasteiger partial charge in [-0.15, -0.1) is 0 Å². The van der Waals surface area contributed by atoms with Crippen LogP contribution in [-0.2, 0) is 9.59 Å². The average molecular weight is 364 g/mol. The summed E-state index contributed by atoms with van der Waals surface area (Å²) < 4.78 is 88.0. The first kappa shape index (κ1) is 9.52. The third-order valence-electron chi connectivity index (χ3n) is 3.57. The van der Waals surface area contributed by atoms with Gasteiger partial charge in [-0.2, -0.15) is 0 Å². The summed E-state index contributed by atoms with van der Waals surface area (Å²) in [5.74, 6) is -4.57. The molecule has 0 aliphatic heterocycles. The summed E-state index contributed by atoms with van der Waals surface area (Å²) in [6, 6.07) is 9.14. The third kappa shape index (κ3) is 3.59. The van der Waals surface area contributed by atoms with Crippen molar-refractivity contribution in [1.29, 1.82) is 0 Å². The van der Waals surface area contributed by atoms with Crippen molar-refractivity contribution >= 4 is 17.6 Å². The number of aliphatic carboxylic acids is 1. The molecule has 6 heteroatoms. The predicted octanol–water partition coefficient (Wildman–Crippen LogP) is 4.00. The Morgan fingerprint density at radius 2 is 1.96 bits per heavy atom. The molecule has 2 N–H and O–H groups in total. The number of hydrogen-bond donors (Lipinski definition) is 2. The lowest BCUT2D eigenvalue weighted by Gasteiger charge is -2.10. The second kappa shape index (κ2) is 7.39. The molecule has 2 aromatic rings. The normalized spacial score (nSPS) is 25.0. The van der Waals surface area contributed by atoms with E-state index in [0.29, 0.717) is 5.56 Å². The van der Waals surface area contributed by atoms with Gasteiger partial charge in [0, 0.05) is 19.4 Å². The zero-order valence-electron chi connectivity index (χ0n) is 22.1. The number of rotatable bonds is 5. The molecule has 0 fully saturated rings. The monoisotopic (exact) mass is 364 g/mol. The van der Waals surface area contributed by atoms with Crippen LogP contribution in [0.3, 0.4) is 0 Å². The van der Waals surface area contributed by atoms with E-state index in [1.54, 1.807) is 6.07 Å². The van der Waals surface area contributed by atoms with E-state index >= 15 is 0 Å². The summed E-state index contributed by atoms with van der Waals surface area (Å²) in [5, 5.41) is 11.4. The highest BCUT2D eigenvalue weighted by Gasteiger charge is 2.25. The van der Waals surface area contributed by atoms with Gasteiger partial charge in [0.25, 0.3) is 5.91 Å². The molecule has 5 nitrogen and oxygen atoms in total. The molecule has 26 heavy (non-hydrogen) atoms. The number of benzene rings is 2. The molecular weight excluding hydrogens is 337 g/mol. The first-order valence-corrected chi connectivity index (χ1v) is 7.29. The molecule has 0 saturated carbocycles. The van der Waals surface area contributed by atoms with Crippen LogP contribution in [0.5, 0.6) is 5.75 Å². The van der Waals surface area contributed by atoms with E-state index in [0.717, 1.165) is 12.1 Å². The number of carboxylic acids is 1. The second-order valence-electron chi connectivity index (χ2n) is 5.21. The lowest BCUT2D eigenvalue weighted by Crippen LogP contribution is -2.17. The highest BCUT2D eigenvalue weighted by atomic mass is 19.1. The Bertz CT molecular complexity index is 1240. The van der Waals surface area contributed by atoms with Gasteiger partial charge < -0.3 is 15.2 Å². The first-order valence-electron chi connectivity index (χ1n) is 11.8. The van der Waals surface area contributed by atoms with Gasteiger partial charge in [-0.05, 0) is 54.5 Å². The Balaban J connectivity index is 1.95. The number of carboxylic acid groups (broad SMARTS) is 1. The summed E-state index contributed by atoms with van der Waals surface area (Å²) >= 11 is 0. The smallest absolute Gasteiger partial charge is 0.332 e. The molecular formula is C20H18FNO4. The van der Waals surface area contributed by atoms with Gasteiger partial charge in [0.1, 0.15) is 11.6 Å².